The van der Waals surface area contributed by atoms with E-state index in [1.807, 2.05) is 12.1 Å². The maximum Gasteiger partial charge on any atom is 0.243 e. The maximum atomic E-state index is 13.0. The van der Waals surface area contributed by atoms with Crippen molar-refractivity contribution in [3.63, 3.8) is 0 Å². The van der Waals surface area contributed by atoms with Gasteiger partial charge in [-0.25, -0.2) is 16.8 Å². The van der Waals surface area contributed by atoms with Crippen molar-refractivity contribution in [2.45, 2.75) is 29.9 Å². The summed E-state index contributed by atoms with van der Waals surface area (Å²) in [5, 5.41) is 8.84. The van der Waals surface area contributed by atoms with Crippen LogP contribution in [0.1, 0.15) is 28.7 Å². The van der Waals surface area contributed by atoms with Crippen LogP contribution in [0.2, 0.25) is 0 Å². The Balaban J connectivity index is 1.35. The van der Waals surface area contributed by atoms with Gasteiger partial charge in [0.1, 0.15) is 5.75 Å². The molecule has 0 unspecified atom stereocenters. The monoisotopic (exact) mass is 487 g/mol. The van der Waals surface area contributed by atoms with Gasteiger partial charge in [-0.05, 0) is 60.2 Å². The highest BCUT2D eigenvalue weighted by Gasteiger charge is 2.32. The van der Waals surface area contributed by atoms with Crippen molar-refractivity contribution >= 4 is 25.8 Å². The van der Waals surface area contributed by atoms with Gasteiger partial charge in [-0.2, -0.15) is 9.57 Å². The van der Waals surface area contributed by atoms with Gasteiger partial charge < -0.3 is 4.90 Å². The van der Waals surface area contributed by atoms with Crippen LogP contribution in [0.3, 0.4) is 0 Å². The van der Waals surface area contributed by atoms with Crippen LogP contribution in [-0.2, 0) is 43.2 Å². The second kappa shape index (κ2) is 9.25. The van der Waals surface area contributed by atoms with Crippen LogP contribution in [-0.4, -0.2) is 63.9 Å². The Hall–Kier alpha value is -2.74. The zero-order chi connectivity index (χ0) is 23.6. The van der Waals surface area contributed by atoms with Crippen molar-refractivity contribution in [3.05, 3.63) is 64.7 Å². The summed E-state index contributed by atoms with van der Waals surface area (Å²) in [6.07, 6.45) is 2.90. The van der Waals surface area contributed by atoms with E-state index in [0.29, 0.717) is 11.1 Å². The maximum absolute atomic E-state index is 13.0. The molecule has 0 radical (unpaired) electrons. The number of amides is 1. The average Bonchev–Trinajstić information content (AvgIpc) is 3.27. The van der Waals surface area contributed by atoms with Crippen molar-refractivity contribution < 1.29 is 21.6 Å². The largest absolute Gasteiger partial charge is 0.339 e. The van der Waals surface area contributed by atoms with E-state index in [-0.39, 0.29) is 36.8 Å². The van der Waals surface area contributed by atoms with Gasteiger partial charge in [0.25, 0.3) is 0 Å². The molecule has 2 aromatic carbocycles. The molecule has 1 aliphatic heterocycles. The normalized spacial score (nSPS) is 16.9. The number of piperazine rings is 1. The average molecular weight is 488 g/mol. The molecule has 33 heavy (non-hydrogen) atoms. The molecular formula is C23H25N3O5S2. The Morgan fingerprint density at radius 2 is 1.58 bits per heavy atom. The minimum Gasteiger partial charge on any atom is -0.339 e. The van der Waals surface area contributed by atoms with Crippen molar-refractivity contribution in [3.8, 4) is 6.07 Å². The molecule has 4 rings (SSSR count). The van der Waals surface area contributed by atoms with E-state index in [4.69, 9.17) is 5.26 Å². The van der Waals surface area contributed by atoms with Gasteiger partial charge >= 0.3 is 0 Å². The third kappa shape index (κ3) is 5.27. The minimum absolute atomic E-state index is 0.126. The van der Waals surface area contributed by atoms with Gasteiger partial charge in [0.05, 0.1) is 22.3 Å². The van der Waals surface area contributed by atoms with Gasteiger partial charge in [-0.3, -0.25) is 4.79 Å². The number of fused-ring (bicyclic) bond motifs is 1. The molecule has 0 N–H and O–H groups in total. The number of carbonyl (C=O) groups is 1. The fraction of sp³-hybridized carbons (Fsp3) is 0.391. The molecule has 0 aromatic heterocycles. The Kier molecular flexibility index (Phi) is 6.56. The Morgan fingerprint density at radius 1 is 0.909 bits per heavy atom. The van der Waals surface area contributed by atoms with E-state index in [0.717, 1.165) is 24.8 Å². The third-order valence-corrected chi connectivity index (χ3v) is 9.47. The summed E-state index contributed by atoms with van der Waals surface area (Å²) >= 11 is 0. The lowest BCUT2D eigenvalue weighted by molar-refractivity contribution is -0.129. The highest BCUT2D eigenvalue weighted by Crippen LogP contribution is 2.26. The standard InChI is InChI=1S/C23H25N3O5S2/c24-15-18-4-6-19(7-5-18)16-32(28,29)17-23(27)25-10-12-26(13-11-25)33(30,31)22-9-8-20-2-1-3-21(20)14-22/h4-9,14H,1-3,10-13,16-17H2. The number of sulfonamides is 1. The van der Waals surface area contributed by atoms with Crippen molar-refractivity contribution in [2.24, 2.45) is 0 Å². The molecule has 0 spiro atoms. The lowest BCUT2D eigenvalue weighted by atomic mass is 10.1. The Bertz CT molecular complexity index is 1300. The van der Waals surface area contributed by atoms with Gasteiger partial charge in [0.15, 0.2) is 9.84 Å². The molecule has 1 heterocycles. The molecule has 10 heteroatoms. The van der Waals surface area contributed by atoms with E-state index in [1.165, 1.54) is 26.9 Å². The van der Waals surface area contributed by atoms with Crippen LogP contribution in [0.4, 0.5) is 0 Å². The highest BCUT2D eigenvalue weighted by molar-refractivity contribution is 7.91. The van der Waals surface area contributed by atoms with E-state index in [9.17, 15) is 21.6 Å². The minimum atomic E-state index is -3.70. The Morgan fingerprint density at radius 3 is 2.24 bits per heavy atom. The number of nitrogens with zero attached hydrogens (tertiary/aromatic N) is 3. The summed E-state index contributed by atoms with van der Waals surface area (Å²) in [5.41, 5.74) is 3.22. The summed E-state index contributed by atoms with van der Waals surface area (Å²) in [5.74, 6) is -1.46. The molecule has 0 saturated carbocycles. The molecule has 8 nitrogen and oxygen atoms in total. The molecular weight excluding hydrogens is 462 g/mol. The zero-order valence-corrected chi connectivity index (χ0v) is 19.7. The third-order valence-electron chi connectivity index (χ3n) is 6.11. The van der Waals surface area contributed by atoms with Crippen LogP contribution in [0.15, 0.2) is 47.4 Å². The predicted octanol–water partition coefficient (Wildman–Crippen LogP) is 1.49. The van der Waals surface area contributed by atoms with Crippen LogP contribution in [0.5, 0.6) is 0 Å². The molecule has 1 aliphatic carbocycles. The number of aryl methyl sites for hydroxylation is 2. The molecule has 174 valence electrons. The van der Waals surface area contributed by atoms with Gasteiger partial charge in [-0.15, -0.1) is 0 Å². The molecule has 1 saturated heterocycles. The van der Waals surface area contributed by atoms with Gasteiger partial charge in [0.2, 0.25) is 15.9 Å². The number of sulfone groups is 1. The van der Waals surface area contributed by atoms with Crippen molar-refractivity contribution in [1.29, 1.82) is 5.26 Å². The van der Waals surface area contributed by atoms with Crippen molar-refractivity contribution in [1.82, 2.24) is 9.21 Å². The molecule has 0 bridgehead atoms. The molecule has 0 atom stereocenters. The summed E-state index contributed by atoms with van der Waals surface area (Å²) in [7, 11) is -7.36. The quantitative estimate of drug-likeness (QED) is 0.610. The smallest absolute Gasteiger partial charge is 0.243 e. The first-order valence-electron chi connectivity index (χ1n) is 10.8. The number of hydrogen-bond donors (Lipinski definition) is 0. The molecule has 2 aliphatic rings. The first-order valence-corrected chi connectivity index (χ1v) is 14.0. The van der Waals surface area contributed by atoms with Crippen molar-refractivity contribution in [2.75, 3.05) is 31.9 Å². The van der Waals surface area contributed by atoms with E-state index in [1.54, 1.807) is 24.3 Å². The second-order valence-corrected chi connectivity index (χ2v) is 12.4. The van der Waals surface area contributed by atoms with Gasteiger partial charge in [0, 0.05) is 26.2 Å². The van der Waals surface area contributed by atoms with E-state index in [2.05, 4.69) is 0 Å². The van der Waals surface area contributed by atoms with E-state index >= 15 is 0 Å². The lowest BCUT2D eigenvalue weighted by Gasteiger charge is -2.34. The molecule has 1 amide bonds. The van der Waals surface area contributed by atoms with Crippen LogP contribution in [0.25, 0.3) is 0 Å². The van der Waals surface area contributed by atoms with Crippen LogP contribution in [0, 0.1) is 11.3 Å². The topological polar surface area (TPSA) is 116 Å². The number of hydrogen-bond acceptors (Lipinski definition) is 6. The van der Waals surface area contributed by atoms with E-state index < -0.39 is 31.5 Å². The van der Waals surface area contributed by atoms with Gasteiger partial charge in [-0.1, -0.05) is 18.2 Å². The Labute approximate surface area is 194 Å². The summed E-state index contributed by atoms with van der Waals surface area (Å²) < 4.78 is 52.4. The zero-order valence-electron chi connectivity index (χ0n) is 18.1. The number of nitriles is 1. The number of rotatable bonds is 6. The first kappa shape index (κ1) is 23.4. The fourth-order valence-corrected chi connectivity index (χ4v) is 7.13. The van der Waals surface area contributed by atoms with Crippen LogP contribution >= 0.6 is 0 Å². The lowest BCUT2D eigenvalue weighted by Crippen LogP contribution is -2.51. The highest BCUT2D eigenvalue weighted by atomic mass is 32.2. The molecule has 1 fully saturated rings. The number of carbonyl (C=O) groups excluding carboxylic acids is 1. The second-order valence-electron chi connectivity index (χ2n) is 8.41. The summed E-state index contributed by atoms with van der Waals surface area (Å²) in [6, 6.07) is 13.4. The fourth-order valence-electron chi connectivity index (χ4n) is 4.30. The van der Waals surface area contributed by atoms with Crippen LogP contribution < -0.4 is 0 Å². The predicted molar refractivity (Wildman–Crippen MR) is 122 cm³/mol. The SMILES string of the molecule is N#Cc1ccc(CS(=O)(=O)CC(=O)N2CCN(S(=O)(=O)c3ccc4c(c3)CCC4)CC2)cc1. The summed E-state index contributed by atoms with van der Waals surface area (Å²) in [6.45, 7) is 0.548. The first-order chi connectivity index (χ1) is 15.7. The molecule has 2 aromatic rings. The number of benzene rings is 2. The summed E-state index contributed by atoms with van der Waals surface area (Å²) in [4.78, 5) is 14.3.